The Morgan fingerprint density at radius 2 is 2.04 bits per heavy atom. The number of rotatable bonds is 2. The molecule has 1 aromatic rings. The maximum atomic E-state index is 13.8. The summed E-state index contributed by atoms with van der Waals surface area (Å²) in [5.74, 6) is -3.25. The zero-order valence-electron chi connectivity index (χ0n) is 12.5. The summed E-state index contributed by atoms with van der Waals surface area (Å²) in [4.78, 5) is 39.1. The summed E-state index contributed by atoms with van der Waals surface area (Å²) in [5, 5.41) is 11.5. The first-order chi connectivity index (χ1) is 11.4. The van der Waals surface area contributed by atoms with E-state index in [0.29, 0.717) is 0 Å². The van der Waals surface area contributed by atoms with Crippen LogP contribution >= 0.6 is 0 Å². The lowest BCUT2D eigenvalue weighted by Gasteiger charge is -2.44. The molecule has 3 amide bonds. The summed E-state index contributed by atoms with van der Waals surface area (Å²) in [7, 11) is 0. The molecule has 0 radical (unpaired) electrons. The topological polar surface area (TPSA) is 89.9 Å². The Labute approximate surface area is 135 Å². The van der Waals surface area contributed by atoms with Crippen LogP contribution in [0.15, 0.2) is 18.2 Å². The van der Waals surface area contributed by atoms with Crippen LogP contribution in [-0.2, 0) is 9.59 Å². The van der Waals surface area contributed by atoms with Crippen LogP contribution in [0.5, 0.6) is 0 Å². The zero-order chi connectivity index (χ0) is 17.4. The van der Waals surface area contributed by atoms with Gasteiger partial charge in [-0.2, -0.15) is 0 Å². The van der Waals surface area contributed by atoms with Gasteiger partial charge in [-0.3, -0.25) is 14.4 Å². The monoisotopic (exact) mass is 339 g/mol. The number of fused-ring (bicyclic) bond motifs is 1. The maximum absolute atomic E-state index is 13.8. The lowest BCUT2D eigenvalue weighted by molar-refractivity contribution is -0.153. The van der Waals surface area contributed by atoms with Gasteiger partial charge in [0, 0.05) is 13.1 Å². The molecule has 2 fully saturated rings. The molecule has 128 valence electrons. The molecule has 2 heterocycles. The van der Waals surface area contributed by atoms with E-state index in [9.17, 15) is 23.2 Å². The quantitative estimate of drug-likeness (QED) is 0.731. The van der Waals surface area contributed by atoms with Crippen molar-refractivity contribution in [3.8, 4) is 0 Å². The number of hydrogen-bond acceptors (Lipinski definition) is 4. The van der Waals surface area contributed by atoms with Crippen LogP contribution in [0.25, 0.3) is 0 Å². The molecule has 9 heteroatoms. The van der Waals surface area contributed by atoms with Crippen molar-refractivity contribution in [2.45, 2.75) is 12.1 Å². The summed E-state index contributed by atoms with van der Waals surface area (Å²) < 4.78 is 27.0. The van der Waals surface area contributed by atoms with E-state index < -0.39 is 53.6 Å². The van der Waals surface area contributed by atoms with Crippen molar-refractivity contribution < 1.29 is 28.3 Å². The van der Waals surface area contributed by atoms with E-state index in [1.165, 1.54) is 9.80 Å². The van der Waals surface area contributed by atoms with Gasteiger partial charge >= 0.3 is 0 Å². The first-order valence-electron chi connectivity index (χ1n) is 7.38. The molecular weight excluding hydrogens is 324 g/mol. The fraction of sp³-hybridized carbons (Fsp3) is 0.400. The standard InChI is InChI=1S/C15H15F2N3O4/c16-8-1-2-10(17)9(5-8)14(23)19-3-4-20-12(6-19)13(22)18-11(7-21)15(20)24/h1-2,5,11-12,21H,3-4,6-7H2,(H,18,22)/t11-,12+/m0/s1. The molecule has 0 bridgehead atoms. The van der Waals surface area contributed by atoms with Gasteiger partial charge in [-0.25, -0.2) is 8.78 Å². The van der Waals surface area contributed by atoms with E-state index in [0.717, 1.165) is 18.2 Å². The van der Waals surface area contributed by atoms with Crippen molar-refractivity contribution in [1.29, 1.82) is 0 Å². The van der Waals surface area contributed by atoms with Gasteiger partial charge in [0.1, 0.15) is 23.7 Å². The summed E-state index contributed by atoms with van der Waals surface area (Å²) in [5.41, 5.74) is -0.417. The number of aliphatic hydroxyl groups excluding tert-OH is 1. The van der Waals surface area contributed by atoms with Crippen LogP contribution in [0.1, 0.15) is 10.4 Å². The minimum Gasteiger partial charge on any atom is -0.394 e. The van der Waals surface area contributed by atoms with Crippen LogP contribution in [0.3, 0.4) is 0 Å². The number of carbonyl (C=O) groups is 3. The third-order valence-electron chi connectivity index (χ3n) is 4.21. The number of amides is 3. The number of carbonyl (C=O) groups excluding carboxylic acids is 3. The highest BCUT2D eigenvalue weighted by Gasteiger charge is 2.44. The first-order valence-corrected chi connectivity index (χ1v) is 7.38. The molecule has 0 aromatic heterocycles. The van der Waals surface area contributed by atoms with E-state index in [4.69, 9.17) is 5.11 Å². The van der Waals surface area contributed by atoms with E-state index in [1.54, 1.807) is 0 Å². The van der Waals surface area contributed by atoms with Crippen molar-refractivity contribution in [2.24, 2.45) is 0 Å². The average Bonchev–Trinajstić information content (AvgIpc) is 2.59. The second-order valence-electron chi connectivity index (χ2n) is 5.67. The maximum Gasteiger partial charge on any atom is 0.257 e. The number of nitrogens with one attached hydrogen (secondary N) is 1. The number of aliphatic hydroxyl groups is 1. The highest BCUT2D eigenvalue weighted by atomic mass is 19.1. The van der Waals surface area contributed by atoms with Gasteiger partial charge in [-0.05, 0) is 18.2 Å². The van der Waals surface area contributed by atoms with Gasteiger partial charge in [0.15, 0.2) is 0 Å². The van der Waals surface area contributed by atoms with Crippen LogP contribution in [-0.4, -0.2) is 71.0 Å². The summed E-state index contributed by atoms with van der Waals surface area (Å²) in [6, 6.07) is 0.678. The number of hydrogen-bond donors (Lipinski definition) is 2. The van der Waals surface area contributed by atoms with Crippen molar-refractivity contribution >= 4 is 17.7 Å². The molecule has 1 aromatic carbocycles. The molecule has 0 unspecified atom stereocenters. The Hall–Kier alpha value is -2.55. The minimum absolute atomic E-state index is 0.0795. The number of piperazine rings is 2. The first kappa shape index (κ1) is 16.3. The molecular formula is C15H15F2N3O4. The molecule has 24 heavy (non-hydrogen) atoms. The molecule has 2 atom stereocenters. The molecule has 2 saturated heterocycles. The van der Waals surface area contributed by atoms with Gasteiger partial charge in [-0.15, -0.1) is 0 Å². The van der Waals surface area contributed by atoms with E-state index >= 15 is 0 Å². The van der Waals surface area contributed by atoms with Crippen LogP contribution in [0.2, 0.25) is 0 Å². The van der Waals surface area contributed by atoms with Crippen molar-refractivity contribution in [3.05, 3.63) is 35.4 Å². The fourth-order valence-corrected chi connectivity index (χ4v) is 2.94. The average molecular weight is 339 g/mol. The van der Waals surface area contributed by atoms with Gasteiger partial charge < -0.3 is 20.2 Å². The van der Waals surface area contributed by atoms with Crippen LogP contribution in [0.4, 0.5) is 8.78 Å². The molecule has 2 aliphatic rings. The summed E-state index contributed by atoms with van der Waals surface area (Å²) >= 11 is 0. The summed E-state index contributed by atoms with van der Waals surface area (Å²) in [6.45, 7) is -0.464. The van der Waals surface area contributed by atoms with Crippen LogP contribution in [0, 0.1) is 11.6 Å². The second kappa shape index (κ2) is 6.16. The Bertz CT molecular complexity index is 712. The lowest BCUT2D eigenvalue weighted by Crippen LogP contribution is -2.70. The number of halogens is 2. The second-order valence-corrected chi connectivity index (χ2v) is 5.67. The van der Waals surface area contributed by atoms with E-state index in [1.807, 2.05) is 0 Å². The Balaban J connectivity index is 1.80. The third-order valence-corrected chi connectivity index (χ3v) is 4.21. The highest BCUT2D eigenvalue weighted by Crippen LogP contribution is 2.19. The van der Waals surface area contributed by atoms with E-state index in [2.05, 4.69) is 5.32 Å². The molecule has 0 aliphatic carbocycles. The van der Waals surface area contributed by atoms with Crippen molar-refractivity contribution in [2.75, 3.05) is 26.2 Å². The molecule has 7 nitrogen and oxygen atoms in total. The highest BCUT2D eigenvalue weighted by molar-refractivity contribution is 5.99. The van der Waals surface area contributed by atoms with Gasteiger partial charge in [0.05, 0.1) is 18.7 Å². The van der Waals surface area contributed by atoms with Gasteiger partial charge in [0.2, 0.25) is 11.8 Å². The predicted molar refractivity (Wildman–Crippen MR) is 76.8 cm³/mol. The summed E-state index contributed by atoms with van der Waals surface area (Å²) in [6.07, 6.45) is 0. The van der Waals surface area contributed by atoms with Crippen molar-refractivity contribution in [1.82, 2.24) is 15.1 Å². The smallest absolute Gasteiger partial charge is 0.257 e. The predicted octanol–water partition coefficient (Wildman–Crippen LogP) is -0.891. The van der Waals surface area contributed by atoms with Crippen LogP contribution < -0.4 is 5.32 Å². The minimum atomic E-state index is -0.989. The zero-order valence-corrected chi connectivity index (χ0v) is 12.5. The molecule has 2 N–H and O–H groups in total. The van der Waals surface area contributed by atoms with Gasteiger partial charge in [-0.1, -0.05) is 0 Å². The van der Waals surface area contributed by atoms with Crippen molar-refractivity contribution in [3.63, 3.8) is 0 Å². The molecule has 2 aliphatic heterocycles. The normalized spacial score (nSPS) is 23.8. The van der Waals surface area contributed by atoms with E-state index in [-0.39, 0.29) is 19.6 Å². The molecule has 3 rings (SSSR count). The van der Waals surface area contributed by atoms with Gasteiger partial charge in [0.25, 0.3) is 5.91 Å². The fourth-order valence-electron chi connectivity index (χ4n) is 2.94. The Kier molecular flexibility index (Phi) is 4.18. The largest absolute Gasteiger partial charge is 0.394 e. The Morgan fingerprint density at radius 3 is 2.75 bits per heavy atom. The molecule has 0 spiro atoms. The number of benzene rings is 1. The third kappa shape index (κ3) is 2.71. The number of nitrogens with zero attached hydrogens (tertiary/aromatic N) is 2. The molecule has 0 saturated carbocycles. The Morgan fingerprint density at radius 1 is 1.29 bits per heavy atom. The SMILES string of the molecule is O=C1N[C@@H](CO)C(=O)N2CCN(C(=O)c3cc(F)ccc3F)C[C@H]12. The lowest BCUT2D eigenvalue weighted by atomic mass is 10.0.